The van der Waals surface area contributed by atoms with Gasteiger partial charge in [-0.2, -0.15) is 4.68 Å². The van der Waals surface area contributed by atoms with Gasteiger partial charge in [-0.3, -0.25) is 13.8 Å². The van der Waals surface area contributed by atoms with Crippen LogP contribution in [0, 0.1) is 0 Å². The quantitative estimate of drug-likeness (QED) is 0.524. The zero-order valence-corrected chi connectivity index (χ0v) is 17.0. The number of para-hydroxylation sites is 2. The predicted molar refractivity (Wildman–Crippen MR) is 110 cm³/mol. The van der Waals surface area contributed by atoms with E-state index in [0.717, 1.165) is 23.1 Å². The molecule has 8 heteroatoms. The Morgan fingerprint density at radius 1 is 1.17 bits per heavy atom. The lowest BCUT2D eigenvalue weighted by Gasteiger charge is -2.21. The summed E-state index contributed by atoms with van der Waals surface area (Å²) in [5.74, 6) is 0.503. The van der Waals surface area contributed by atoms with Crippen molar-refractivity contribution in [2.75, 3.05) is 6.61 Å². The Kier molecular flexibility index (Phi) is 3.89. The Bertz CT molecular complexity index is 1280. The van der Waals surface area contributed by atoms with Crippen molar-refractivity contribution in [1.29, 1.82) is 0 Å². The normalized spacial score (nSPS) is 20.1. The highest BCUT2D eigenvalue weighted by atomic mass is 16.5. The van der Waals surface area contributed by atoms with Gasteiger partial charge in [-0.1, -0.05) is 38.1 Å². The molecule has 4 aromatic rings. The first-order valence-corrected chi connectivity index (χ1v) is 9.91. The van der Waals surface area contributed by atoms with Crippen molar-refractivity contribution in [3.8, 4) is 5.82 Å². The van der Waals surface area contributed by atoms with Crippen LogP contribution in [-0.4, -0.2) is 41.7 Å². The third-order valence-electron chi connectivity index (χ3n) is 5.76. The number of hydrogen-bond acceptors (Lipinski definition) is 5. The average molecular weight is 392 g/mol. The molecule has 29 heavy (non-hydrogen) atoms. The monoisotopic (exact) mass is 392 g/mol. The largest absolute Gasteiger partial charge is 0.376 e. The summed E-state index contributed by atoms with van der Waals surface area (Å²) in [6.07, 6.45) is 4.21. The zero-order chi connectivity index (χ0) is 20.3. The van der Waals surface area contributed by atoms with Gasteiger partial charge in [0, 0.05) is 12.0 Å². The molecule has 1 aromatic carbocycles. The molecule has 0 bridgehead atoms. The second kappa shape index (κ2) is 6.25. The van der Waals surface area contributed by atoms with E-state index in [9.17, 15) is 4.79 Å². The van der Waals surface area contributed by atoms with E-state index in [2.05, 4.69) is 36.1 Å². The molecule has 3 aromatic heterocycles. The first-order chi connectivity index (χ1) is 13.9. The average Bonchev–Trinajstić information content (AvgIpc) is 3.40. The van der Waals surface area contributed by atoms with E-state index in [1.807, 2.05) is 40.2 Å². The molecule has 0 amide bonds. The molecule has 5 rings (SSSR count). The molecule has 8 nitrogen and oxygen atoms in total. The summed E-state index contributed by atoms with van der Waals surface area (Å²) in [6.45, 7) is 8.94. The van der Waals surface area contributed by atoms with Crippen molar-refractivity contribution in [1.82, 2.24) is 28.9 Å². The highest BCUT2D eigenvalue weighted by Crippen LogP contribution is 2.30. The molecule has 150 valence electrons. The number of aromatic nitrogens is 6. The highest BCUT2D eigenvalue weighted by Gasteiger charge is 2.31. The Labute approximate surface area is 167 Å². The number of rotatable bonds is 2. The minimum absolute atomic E-state index is 0.0158. The lowest BCUT2D eigenvalue weighted by molar-refractivity contribution is 0.108. The molecule has 1 aliphatic heterocycles. The first-order valence-electron chi connectivity index (χ1n) is 9.91. The highest BCUT2D eigenvalue weighted by molar-refractivity contribution is 5.81. The van der Waals surface area contributed by atoms with E-state index in [1.165, 1.54) is 0 Å². The van der Waals surface area contributed by atoms with Crippen LogP contribution in [0.3, 0.4) is 0 Å². The standard InChI is InChI=1S/C21H24N6O2/c1-13-14(9-10-29-13)26-16-8-6-5-7-15(16)25-12-22-19(18(25)20(26)28)27-17(11-23-24-27)21(2,3)4/h5-8,11-14H,9-10H2,1-4H3. The zero-order valence-electron chi connectivity index (χ0n) is 17.0. The lowest BCUT2D eigenvalue weighted by atomic mass is 9.93. The maximum Gasteiger partial charge on any atom is 0.279 e. The summed E-state index contributed by atoms with van der Waals surface area (Å²) in [6, 6.07) is 7.91. The minimum Gasteiger partial charge on any atom is -0.376 e. The van der Waals surface area contributed by atoms with Gasteiger partial charge >= 0.3 is 0 Å². The summed E-state index contributed by atoms with van der Waals surface area (Å²) in [7, 11) is 0. The van der Waals surface area contributed by atoms with Crippen molar-refractivity contribution in [2.45, 2.75) is 51.7 Å². The number of imidazole rings is 1. The van der Waals surface area contributed by atoms with Gasteiger partial charge in [-0.25, -0.2) is 4.98 Å². The summed E-state index contributed by atoms with van der Waals surface area (Å²) in [5.41, 5.74) is 2.93. The van der Waals surface area contributed by atoms with Crippen molar-refractivity contribution in [3.05, 3.63) is 52.8 Å². The second-order valence-electron chi connectivity index (χ2n) is 8.66. The third-order valence-corrected chi connectivity index (χ3v) is 5.76. The summed E-state index contributed by atoms with van der Waals surface area (Å²) >= 11 is 0. The van der Waals surface area contributed by atoms with Crippen LogP contribution in [0.4, 0.5) is 0 Å². The van der Waals surface area contributed by atoms with Crippen LogP contribution in [0.25, 0.3) is 22.4 Å². The van der Waals surface area contributed by atoms with Crippen LogP contribution in [-0.2, 0) is 10.2 Å². The molecule has 1 saturated heterocycles. The number of nitrogens with zero attached hydrogens (tertiary/aromatic N) is 6. The molecule has 4 heterocycles. The molecule has 0 aliphatic carbocycles. The Balaban J connectivity index is 1.88. The minimum atomic E-state index is -0.191. The number of benzene rings is 1. The van der Waals surface area contributed by atoms with Crippen LogP contribution >= 0.6 is 0 Å². The summed E-state index contributed by atoms with van der Waals surface area (Å²) in [5, 5.41) is 8.35. The van der Waals surface area contributed by atoms with E-state index in [0.29, 0.717) is 17.9 Å². The van der Waals surface area contributed by atoms with Gasteiger partial charge in [0.15, 0.2) is 11.3 Å². The fourth-order valence-electron chi connectivity index (χ4n) is 4.26. The van der Waals surface area contributed by atoms with Crippen LogP contribution < -0.4 is 5.56 Å². The van der Waals surface area contributed by atoms with E-state index < -0.39 is 0 Å². The Morgan fingerprint density at radius 3 is 2.62 bits per heavy atom. The van der Waals surface area contributed by atoms with Gasteiger partial charge in [0.1, 0.15) is 6.33 Å². The van der Waals surface area contributed by atoms with E-state index >= 15 is 0 Å². The van der Waals surface area contributed by atoms with Gasteiger partial charge in [0.25, 0.3) is 5.56 Å². The third kappa shape index (κ3) is 2.62. The fourth-order valence-corrected chi connectivity index (χ4v) is 4.26. The first kappa shape index (κ1) is 18.1. The topological polar surface area (TPSA) is 79.2 Å². The molecule has 1 fully saturated rings. The molecular weight excluding hydrogens is 368 g/mol. The van der Waals surface area contributed by atoms with E-state index in [4.69, 9.17) is 4.74 Å². The van der Waals surface area contributed by atoms with Gasteiger partial charge in [-0.05, 0) is 25.5 Å². The van der Waals surface area contributed by atoms with Crippen LogP contribution in [0.5, 0.6) is 0 Å². The number of hydrogen-bond donors (Lipinski definition) is 0. The molecule has 2 unspecified atom stereocenters. The molecule has 0 N–H and O–H groups in total. The predicted octanol–water partition coefficient (Wildman–Crippen LogP) is 2.88. The van der Waals surface area contributed by atoms with Crippen molar-refractivity contribution in [3.63, 3.8) is 0 Å². The van der Waals surface area contributed by atoms with Crippen LogP contribution in [0.1, 0.15) is 45.9 Å². The smallest absolute Gasteiger partial charge is 0.279 e. The molecule has 2 atom stereocenters. The van der Waals surface area contributed by atoms with Gasteiger partial charge in [0.2, 0.25) is 0 Å². The van der Waals surface area contributed by atoms with E-state index in [1.54, 1.807) is 17.2 Å². The lowest BCUT2D eigenvalue weighted by Crippen LogP contribution is -2.31. The number of ether oxygens (including phenoxy) is 1. The summed E-state index contributed by atoms with van der Waals surface area (Å²) in [4.78, 5) is 18.4. The van der Waals surface area contributed by atoms with Gasteiger partial charge < -0.3 is 4.74 Å². The Hall–Kier alpha value is -3.00. The molecule has 1 aliphatic rings. The van der Waals surface area contributed by atoms with Crippen LogP contribution in [0.15, 0.2) is 41.6 Å². The maximum atomic E-state index is 13.8. The van der Waals surface area contributed by atoms with Crippen molar-refractivity contribution >= 4 is 16.6 Å². The summed E-state index contributed by atoms with van der Waals surface area (Å²) < 4.78 is 11.2. The van der Waals surface area contributed by atoms with Gasteiger partial charge in [0.05, 0.1) is 35.1 Å². The maximum absolute atomic E-state index is 13.8. The molecular formula is C21H24N6O2. The number of fused-ring (bicyclic) bond motifs is 3. The van der Waals surface area contributed by atoms with Crippen molar-refractivity contribution in [2.24, 2.45) is 0 Å². The van der Waals surface area contributed by atoms with E-state index in [-0.39, 0.29) is 23.1 Å². The second-order valence-corrected chi connectivity index (χ2v) is 8.66. The van der Waals surface area contributed by atoms with Gasteiger partial charge in [-0.15, -0.1) is 5.10 Å². The molecule has 0 radical (unpaired) electrons. The molecule has 0 saturated carbocycles. The Morgan fingerprint density at radius 2 is 1.93 bits per heavy atom. The van der Waals surface area contributed by atoms with Crippen molar-refractivity contribution < 1.29 is 4.74 Å². The molecule has 0 spiro atoms. The fraction of sp³-hybridized carbons (Fsp3) is 0.429. The van der Waals surface area contributed by atoms with Crippen LogP contribution in [0.2, 0.25) is 0 Å². The SMILES string of the molecule is CC1OCCC1n1c(=O)c2c(-n3nncc3C(C)(C)C)ncn2c2ccccc21.